The van der Waals surface area contributed by atoms with Crippen molar-refractivity contribution >= 4 is 51.5 Å². The first-order valence-electron chi connectivity index (χ1n) is 9.03. The van der Waals surface area contributed by atoms with Crippen LogP contribution in [0.3, 0.4) is 0 Å². The summed E-state index contributed by atoms with van der Waals surface area (Å²) in [5, 5.41) is 9.59. The highest BCUT2D eigenvalue weighted by Gasteiger charge is 2.31. The van der Waals surface area contributed by atoms with Crippen LogP contribution in [0.1, 0.15) is 18.5 Å². The van der Waals surface area contributed by atoms with Gasteiger partial charge in [0.1, 0.15) is 0 Å². The molecule has 0 saturated heterocycles. The molecule has 3 N–H and O–H groups in total. The van der Waals surface area contributed by atoms with E-state index in [1.54, 1.807) is 33.5 Å². The van der Waals surface area contributed by atoms with Crippen LogP contribution in [0.15, 0.2) is 47.7 Å². The van der Waals surface area contributed by atoms with Gasteiger partial charge in [-0.25, -0.2) is 0 Å². The number of allylic oxidation sites excluding steroid dienone is 1. The first-order valence-corrected chi connectivity index (χ1v) is 10.5. The Bertz CT molecular complexity index is 983. The van der Waals surface area contributed by atoms with Crippen molar-refractivity contribution < 1.29 is 19.0 Å². The van der Waals surface area contributed by atoms with Crippen molar-refractivity contribution in [3.63, 3.8) is 0 Å². The highest BCUT2D eigenvalue weighted by Crippen LogP contribution is 2.41. The van der Waals surface area contributed by atoms with E-state index >= 15 is 0 Å². The molecule has 7 nitrogen and oxygen atoms in total. The maximum absolute atomic E-state index is 13.2. The summed E-state index contributed by atoms with van der Waals surface area (Å²) in [4.78, 5) is 13.2. The monoisotopic (exact) mass is 539 g/mol. The number of methoxy groups -OCH3 is 3. The number of carbonyl (C=O) groups excluding carboxylic acids is 1. The molecule has 9 heteroatoms. The van der Waals surface area contributed by atoms with E-state index in [0.717, 1.165) is 9.13 Å². The molecule has 0 saturated carbocycles. The molecule has 0 spiro atoms. The maximum Gasteiger partial charge on any atom is 0.255 e. The summed E-state index contributed by atoms with van der Waals surface area (Å²) in [5.41, 5.74) is 2.63. The SMILES string of the molecule is COc1cc([C@@H]2NC(=S)NC(C)=C2C(=O)Nc2ccc(I)cc2)cc(OC)c1OC. The molecule has 1 aliphatic heterocycles. The van der Waals surface area contributed by atoms with Crippen molar-refractivity contribution in [2.45, 2.75) is 13.0 Å². The van der Waals surface area contributed by atoms with Crippen LogP contribution in [0.2, 0.25) is 0 Å². The van der Waals surface area contributed by atoms with Gasteiger partial charge in [-0.15, -0.1) is 0 Å². The number of amides is 1. The Labute approximate surface area is 194 Å². The van der Waals surface area contributed by atoms with Crippen LogP contribution in [0.25, 0.3) is 0 Å². The van der Waals surface area contributed by atoms with Gasteiger partial charge in [0.2, 0.25) is 5.75 Å². The first kappa shape index (κ1) is 22.2. The molecule has 0 unspecified atom stereocenters. The average Bonchev–Trinajstić information content (AvgIpc) is 2.73. The third kappa shape index (κ3) is 4.62. The standard InChI is InChI=1S/C21H22IN3O4S/c1-11-17(20(26)24-14-7-5-13(22)6-8-14)18(25-21(30)23-11)12-9-15(27-2)19(29-4)16(10-12)28-3/h5-10,18H,1-4H3,(H,24,26)(H2,23,25,30)/t18-/m0/s1. The van der Waals surface area contributed by atoms with E-state index in [9.17, 15) is 4.79 Å². The van der Waals surface area contributed by atoms with Gasteiger partial charge in [0.25, 0.3) is 5.91 Å². The Morgan fingerprint density at radius 2 is 1.67 bits per heavy atom. The van der Waals surface area contributed by atoms with E-state index in [0.29, 0.717) is 39.3 Å². The van der Waals surface area contributed by atoms with Crippen molar-refractivity contribution in [1.29, 1.82) is 0 Å². The maximum atomic E-state index is 13.2. The summed E-state index contributed by atoms with van der Waals surface area (Å²) < 4.78 is 17.4. The number of halogens is 1. The molecule has 0 radical (unpaired) electrons. The van der Waals surface area contributed by atoms with Crippen LogP contribution in [0.5, 0.6) is 17.2 Å². The number of carbonyl (C=O) groups is 1. The second-order valence-corrected chi connectivity index (χ2v) is 8.14. The van der Waals surface area contributed by atoms with E-state index in [2.05, 4.69) is 38.5 Å². The summed E-state index contributed by atoms with van der Waals surface area (Å²) in [5.74, 6) is 1.22. The van der Waals surface area contributed by atoms with Gasteiger partial charge in [-0.2, -0.15) is 0 Å². The lowest BCUT2D eigenvalue weighted by Crippen LogP contribution is -2.45. The number of anilines is 1. The van der Waals surface area contributed by atoms with Crippen LogP contribution in [0.4, 0.5) is 5.69 Å². The average molecular weight is 539 g/mol. The molecule has 3 rings (SSSR count). The third-order valence-electron chi connectivity index (χ3n) is 4.64. The van der Waals surface area contributed by atoms with Crippen molar-refractivity contribution in [3.05, 3.63) is 56.8 Å². The van der Waals surface area contributed by atoms with Gasteiger partial charge in [-0.05, 0) is 83.7 Å². The van der Waals surface area contributed by atoms with Gasteiger partial charge in [0.15, 0.2) is 16.6 Å². The number of nitrogens with one attached hydrogen (secondary N) is 3. The summed E-state index contributed by atoms with van der Waals surface area (Å²) in [7, 11) is 4.64. The predicted molar refractivity (Wildman–Crippen MR) is 128 cm³/mol. The molecule has 0 bridgehead atoms. The fraction of sp³-hybridized carbons (Fsp3) is 0.238. The smallest absolute Gasteiger partial charge is 0.255 e. The third-order valence-corrected chi connectivity index (χ3v) is 5.58. The van der Waals surface area contributed by atoms with Gasteiger partial charge in [-0.1, -0.05) is 0 Å². The van der Waals surface area contributed by atoms with Crippen molar-refractivity contribution in [2.75, 3.05) is 26.6 Å². The van der Waals surface area contributed by atoms with Gasteiger partial charge in [0, 0.05) is 15.0 Å². The summed E-state index contributed by atoms with van der Waals surface area (Å²) in [6.07, 6.45) is 0. The van der Waals surface area contributed by atoms with Crippen LogP contribution in [-0.2, 0) is 4.79 Å². The van der Waals surface area contributed by atoms with Gasteiger partial charge in [0.05, 0.1) is 32.9 Å². The molecule has 0 aliphatic carbocycles. The highest BCUT2D eigenvalue weighted by atomic mass is 127. The lowest BCUT2D eigenvalue weighted by Gasteiger charge is -2.31. The molecular formula is C21H22IN3O4S. The molecule has 2 aromatic rings. The number of hydrogen-bond donors (Lipinski definition) is 3. The number of thiocarbonyl (C=S) groups is 1. The Hall–Kier alpha value is -2.53. The lowest BCUT2D eigenvalue weighted by atomic mass is 9.94. The Morgan fingerprint density at radius 1 is 1.07 bits per heavy atom. The first-order chi connectivity index (χ1) is 14.4. The second-order valence-electron chi connectivity index (χ2n) is 6.49. The molecule has 0 fully saturated rings. The number of benzene rings is 2. The zero-order valence-corrected chi connectivity index (χ0v) is 19.9. The minimum absolute atomic E-state index is 0.241. The molecule has 158 valence electrons. The largest absolute Gasteiger partial charge is 0.493 e. The summed E-state index contributed by atoms with van der Waals surface area (Å²) in [6, 6.07) is 10.7. The highest BCUT2D eigenvalue weighted by molar-refractivity contribution is 14.1. The predicted octanol–water partition coefficient (Wildman–Crippen LogP) is 3.75. The fourth-order valence-electron chi connectivity index (χ4n) is 3.24. The molecule has 1 amide bonds. The Kier molecular flexibility index (Phi) is 7.03. The zero-order chi connectivity index (χ0) is 21.8. The summed E-state index contributed by atoms with van der Waals surface area (Å²) >= 11 is 7.56. The molecule has 30 heavy (non-hydrogen) atoms. The van der Waals surface area contributed by atoms with E-state index in [-0.39, 0.29) is 5.91 Å². The molecule has 1 aliphatic rings. The van der Waals surface area contributed by atoms with E-state index in [4.69, 9.17) is 26.4 Å². The molecule has 1 heterocycles. The van der Waals surface area contributed by atoms with E-state index < -0.39 is 6.04 Å². The second kappa shape index (κ2) is 9.52. The van der Waals surface area contributed by atoms with E-state index in [1.807, 2.05) is 31.2 Å². The summed E-state index contributed by atoms with van der Waals surface area (Å²) in [6.45, 7) is 1.82. The molecule has 0 aromatic heterocycles. The van der Waals surface area contributed by atoms with Crippen LogP contribution in [0, 0.1) is 3.57 Å². The van der Waals surface area contributed by atoms with Crippen molar-refractivity contribution in [3.8, 4) is 17.2 Å². The fourth-order valence-corrected chi connectivity index (χ4v) is 3.88. The Balaban J connectivity index is 2.03. The molecule has 2 aromatic carbocycles. The van der Waals surface area contributed by atoms with Gasteiger partial charge in [-0.3, -0.25) is 4.79 Å². The van der Waals surface area contributed by atoms with E-state index in [1.165, 1.54) is 0 Å². The normalized spacial score (nSPS) is 15.8. The van der Waals surface area contributed by atoms with Crippen molar-refractivity contribution in [2.24, 2.45) is 0 Å². The lowest BCUT2D eigenvalue weighted by molar-refractivity contribution is -0.113. The minimum atomic E-state index is -0.503. The van der Waals surface area contributed by atoms with Gasteiger partial charge < -0.3 is 30.2 Å². The Morgan fingerprint density at radius 3 is 2.20 bits per heavy atom. The number of rotatable bonds is 6. The van der Waals surface area contributed by atoms with Crippen LogP contribution < -0.4 is 30.2 Å². The number of ether oxygens (including phenoxy) is 3. The van der Waals surface area contributed by atoms with Crippen LogP contribution in [-0.4, -0.2) is 32.3 Å². The van der Waals surface area contributed by atoms with Crippen LogP contribution >= 0.6 is 34.8 Å². The minimum Gasteiger partial charge on any atom is -0.493 e. The molecule has 1 atom stereocenters. The zero-order valence-electron chi connectivity index (χ0n) is 17.0. The topological polar surface area (TPSA) is 80.9 Å². The molecular weight excluding hydrogens is 517 g/mol. The van der Waals surface area contributed by atoms with Gasteiger partial charge >= 0.3 is 0 Å². The number of hydrogen-bond acceptors (Lipinski definition) is 5. The van der Waals surface area contributed by atoms with Crippen molar-refractivity contribution in [1.82, 2.24) is 10.6 Å². The quantitative estimate of drug-likeness (QED) is 0.381.